The monoisotopic (exact) mass is 410 g/mol. The maximum Gasteiger partial charge on any atom is 0.236 e. The molecule has 1 fully saturated rings. The Morgan fingerprint density at radius 1 is 1.20 bits per heavy atom. The van der Waals surface area contributed by atoms with E-state index in [-0.39, 0.29) is 5.91 Å². The highest BCUT2D eigenvalue weighted by Crippen LogP contribution is 2.40. The van der Waals surface area contributed by atoms with Crippen LogP contribution in [0.1, 0.15) is 29.7 Å². The Labute approximate surface area is 177 Å². The summed E-state index contributed by atoms with van der Waals surface area (Å²) >= 11 is 0. The van der Waals surface area contributed by atoms with Gasteiger partial charge in [0.2, 0.25) is 11.9 Å². The van der Waals surface area contributed by atoms with E-state index in [0.29, 0.717) is 32.2 Å². The van der Waals surface area contributed by atoms with Gasteiger partial charge >= 0.3 is 0 Å². The van der Waals surface area contributed by atoms with Crippen molar-refractivity contribution in [2.45, 2.75) is 31.4 Å². The predicted molar refractivity (Wildman–Crippen MR) is 114 cm³/mol. The first-order valence-corrected chi connectivity index (χ1v) is 10.5. The van der Waals surface area contributed by atoms with Crippen molar-refractivity contribution >= 4 is 11.9 Å². The Kier molecular flexibility index (Phi) is 5.97. The molecular formula is C22H30N6O2. The number of likely N-dealkylation sites (tertiary alicyclic amines) is 1. The van der Waals surface area contributed by atoms with Crippen LogP contribution in [0.5, 0.6) is 0 Å². The molecule has 4 rings (SSSR count). The molecule has 8 heteroatoms. The van der Waals surface area contributed by atoms with E-state index in [1.807, 2.05) is 54.2 Å². The van der Waals surface area contributed by atoms with Crippen LogP contribution in [0.25, 0.3) is 0 Å². The normalized spacial score (nSPS) is 17.8. The standard InChI is InChI=1S/C22H30N6O2/c1-26(2)21-24-14-18-6-13-30-22(20(18)25-21)7-11-28(12-8-22)19(29)16-27(3)15-17-4-9-23-10-5-17/h4-5,9-10,14H,6-8,11-13,15-16H2,1-3H3. The second kappa shape index (κ2) is 8.65. The van der Waals surface area contributed by atoms with Gasteiger partial charge in [-0.1, -0.05) is 0 Å². The third kappa shape index (κ3) is 4.29. The van der Waals surface area contributed by atoms with Gasteiger partial charge in [0.05, 0.1) is 18.8 Å². The lowest BCUT2D eigenvalue weighted by molar-refractivity contribution is -0.142. The largest absolute Gasteiger partial charge is 0.368 e. The minimum absolute atomic E-state index is 0.161. The summed E-state index contributed by atoms with van der Waals surface area (Å²) in [6.07, 6.45) is 7.87. The first kappa shape index (κ1) is 20.7. The minimum atomic E-state index is -0.402. The Balaban J connectivity index is 1.39. The van der Waals surface area contributed by atoms with Gasteiger partial charge in [0.1, 0.15) is 5.60 Å². The van der Waals surface area contributed by atoms with Crippen LogP contribution in [0.2, 0.25) is 0 Å². The van der Waals surface area contributed by atoms with Crippen LogP contribution in [0.3, 0.4) is 0 Å². The van der Waals surface area contributed by atoms with E-state index in [1.54, 1.807) is 12.4 Å². The molecule has 0 radical (unpaired) electrons. The average Bonchev–Trinajstić information content (AvgIpc) is 2.75. The van der Waals surface area contributed by atoms with Crippen molar-refractivity contribution in [2.75, 3.05) is 52.3 Å². The molecule has 2 aliphatic rings. The summed E-state index contributed by atoms with van der Waals surface area (Å²) in [5.74, 6) is 0.865. The molecule has 0 unspecified atom stereocenters. The van der Waals surface area contributed by atoms with Gasteiger partial charge in [0, 0.05) is 52.3 Å². The highest BCUT2D eigenvalue weighted by atomic mass is 16.5. The van der Waals surface area contributed by atoms with Crippen LogP contribution in [0.15, 0.2) is 30.7 Å². The van der Waals surface area contributed by atoms with Crippen LogP contribution in [-0.4, -0.2) is 78.0 Å². The van der Waals surface area contributed by atoms with Crippen molar-refractivity contribution in [1.29, 1.82) is 0 Å². The number of piperidine rings is 1. The Morgan fingerprint density at radius 2 is 1.93 bits per heavy atom. The molecule has 1 spiro atoms. The van der Waals surface area contributed by atoms with Gasteiger partial charge < -0.3 is 14.5 Å². The summed E-state index contributed by atoms with van der Waals surface area (Å²) in [4.78, 5) is 32.1. The number of nitrogens with zero attached hydrogens (tertiary/aromatic N) is 6. The quantitative estimate of drug-likeness (QED) is 0.739. The zero-order valence-electron chi connectivity index (χ0n) is 18.0. The van der Waals surface area contributed by atoms with Crippen LogP contribution in [0, 0.1) is 0 Å². The van der Waals surface area contributed by atoms with Crippen LogP contribution < -0.4 is 4.90 Å². The lowest BCUT2D eigenvalue weighted by Crippen LogP contribution is -2.50. The summed E-state index contributed by atoms with van der Waals surface area (Å²) in [7, 11) is 5.87. The number of aromatic nitrogens is 3. The average molecular weight is 411 g/mol. The zero-order valence-corrected chi connectivity index (χ0v) is 18.0. The number of carbonyl (C=O) groups excluding carboxylic acids is 1. The molecule has 2 aromatic heterocycles. The summed E-state index contributed by atoms with van der Waals surface area (Å²) in [5.41, 5.74) is 2.93. The third-order valence-electron chi connectivity index (χ3n) is 5.96. The summed E-state index contributed by atoms with van der Waals surface area (Å²) < 4.78 is 6.29. The van der Waals surface area contributed by atoms with E-state index in [0.717, 1.165) is 37.1 Å². The molecule has 0 atom stereocenters. The number of fused-ring (bicyclic) bond motifs is 2. The molecule has 2 aliphatic heterocycles. The second-order valence-corrected chi connectivity index (χ2v) is 8.44. The van der Waals surface area contributed by atoms with Crippen LogP contribution in [0.4, 0.5) is 5.95 Å². The summed E-state index contributed by atoms with van der Waals surface area (Å²) in [5, 5.41) is 0. The molecule has 0 N–H and O–H groups in total. The number of anilines is 1. The first-order valence-electron chi connectivity index (χ1n) is 10.5. The Morgan fingerprint density at radius 3 is 2.63 bits per heavy atom. The van der Waals surface area contributed by atoms with Crippen molar-refractivity contribution in [3.8, 4) is 0 Å². The summed E-state index contributed by atoms with van der Waals surface area (Å²) in [6.45, 7) is 3.18. The molecule has 1 amide bonds. The summed E-state index contributed by atoms with van der Waals surface area (Å²) in [6, 6.07) is 3.96. The van der Waals surface area contributed by atoms with E-state index in [1.165, 1.54) is 5.56 Å². The van der Waals surface area contributed by atoms with Gasteiger partial charge in [-0.3, -0.25) is 14.7 Å². The van der Waals surface area contributed by atoms with Gasteiger partial charge in [-0.05, 0) is 49.6 Å². The third-order valence-corrected chi connectivity index (χ3v) is 5.96. The zero-order chi connectivity index (χ0) is 21.1. The Bertz CT molecular complexity index is 880. The lowest BCUT2D eigenvalue weighted by atomic mass is 9.83. The molecule has 2 aromatic rings. The molecule has 0 saturated carbocycles. The van der Waals surface area contributed by atoms with E-state index in [4.69, 9.17) is 9.72 Å². The van der Waals surface area contributed by atoms with Crippen molar-refractivity contribution < 1.29 is 9.53 Å². The fourth-order valence-electron chi connectivity index (χ4n) is 4.30. The maximum atomic E-state index is 12.9. The Hall–Kier alpha value is -2.58. The van der Waals surface area contributed by atoms with Crippen LogP contribution >= 0.6 is 0 Å². The van der Waals surface area contributed by atoms with Crippen molar-refractivity contribution in [3.63, 3.8) is 0 Å². The lowest BCUT2D eigenvalue weighted by Gasteiger charge is -2.44. The van der Waals surface area contributed by atoms with Gasteiger partial charge in [-0.2, -0.15) is 0 Å². The maximum absolute atomic E-state index is 12.9. The molecule has 0 bridgehead atoms. The fraction of sp³-hybridized carbons (Fsp3) is 0.545. The highest BCUT2D eigenvalue weighted by molar-refractivity contribution is 5.78. The number of amides is 1. The minimum Gasteiger partial charge on any atom is -0.368 e. The number of carbonyl (C=O) groups is 1. The molecule has 1 saturated heterocycles. The van der Waals surface area contributed by atoms with E-state index in [9.17, 15) is 4.79 Å². The van der Waals surface area contributed by atoms with Crippen molar-refractivity contribution in [3.05, 3.63) is 47.5 Å². The van der Waals surface area contributed by atoms with Gasteiger partial charge in [-0.25, -0.2) is 9.97 Å². The number of hydrogen-bond donors (Lipinski definition) is 0. The number of ether oxygens (including phenoxy) is 1. The van der Waals surface area contributed by atoms with Crippen molar-refractivity contribution in [2.24, 2.45) is 0 Å². The SMILES string of the molecule is CN(CC(=O)N1CCC2(CC1)OCCc1cnc(N(C)C)nc12)Cc1ccncc1. The molecule has 0 aromatic carbocycles. The van der Waals surface area contributed by atoms with Crippen molar-refractivity contribution in [1.82, 2.24) is 24.8 Å². The molecule has 30 heavy (non-hydrogen) atoms. The van der Waals surface area contributed by atoms with E-state index < -0.39 is 5.60 Å². The fourth-order valence-corrected chi connectivity index (χ4v) is 4.30. The molecule has 160 valence electrons. The van der Waals surface area contributed by atoms with Gasteiger partial charge in [-0.15, -0.1) is 0 Å². The number of likely N-dealkylation sites (N-methyl/N-ethyl adjacent to an activating group) is 1. The van der Waals surface area contributed by atoms with Gasteiger partial charge in [0.15, 0.2) is 0 Å². The van der Waals surface area contributed by atoms with E-state index in [2.05, 4.69) is 9.97 Å². The topological polar surface area (TPSA) is 74.7 Å². The molecule has 8 nitrogen and oxygen atoms in total. The van der Waals surface area contributed by atoms with Gasteiger partial charge in [0.25, 0.3) is 0 Å². The second-order valence-electron chi connectivity index (χ2n) is 8.44. The smallest absolute Gasteiger partial charge is 0.236 e. The molecule has 4 heterocycles. The number of rotatable bonds is 5. The first-order chi connectivity index (χ1) is 14.5. The van der Waals surface area contributed by atoms with Crippen LogP contribution in [-0.2, 0) is 28.1 Å². The van der Waals surface area contributed by atoms with E-state index >= 15 is 0 Å². The predicted octanol–water partition coefficient (Wildman–Crippen LogP) is 1.46. The molecular weight excluding hydrogens is 380 g/mol. The molecule has 0 aliphatic carbocycles. The number of hydrogen-bond acceptors (Lipinski definition) is 7. The number of pyridine rings is 1. The highest BCUT2D eigenvalue weighted by Gasteiger charge is 2.43.